The monoisotopic (exact) mass is 449 g/mol. The first-order valence-electron chi connectivity index (χ1n) is 10.4. The van der Waals surface area contributed by atoms with Crippen molar-refractivity contribution in [3.63, 3.8) is 0 Å². The predicted molar refractivity (Wildman–Crippen MR) is 128 cm³/mol. The molecule has 0 aliphatic rings. The summed E-state index contributed by atoms with van der Waals surface area (Å²) in [4.78, 5) is 38.0. The molecule has 0 radical (unpaired) electrons. The molecule has 6 nitrogen and oxygen atoms in total. The molecule has 1 amide bonds. The molecule has 4 N–H and O–H groups in total. The first-order valence-corrected chi connectivity index (χ1v) is 10.7. The van der Waals surface area contributed by atoms with E-state index < -0.39 is 11.6 Å². The SMILES string of the molecule is N=C(N)CCCCCC(=O)C(=O)c1cc(Cl)ccc1NC(=O)c1ccc2ccccc2c1. The summed E-state index contributed by atoms with van der Waals surface area (Å²) < 4.78 is 0. The van der Waals surface area contributed by atoms with Gasteiger partial charge in [0.15, 0.2) is 0 Å². The Morgan fingerprint density at radius 2 is 1.59 bits per heavy atom. The van der Waals surface area contributed by atoms with Crippen LogP contribution in [0.3, 0.4) is 0 Å². The number of benzene rings is 3. The summed E-state index contributed by atoms with van der Waals surface area (Å²) in [5.74, 6) is -1.51. The van der Waals surface area contributed by atoms with Gasteiger partial charge in [-0.05, 0) is 53.9 Å². The van der Waals surface area contributed by atoms with Crippen molar-refractivity contribution in [2.75, 3.05) is 5.32 Å². The number of anilines is 1. The number of halogens is 1. The van der Waals surface area contributed by atoms with Crippen LogP contribution in [0.1, 0.15) is 52.8 Å². The van der Waals surface area contributed by atoms with Gasteiger partial charge in [0.2, 0.25) is 11.6 Å². The van der Waals surface area contributed by atoms with Gasteiger partial charge < -0.3 is 11.1 Å². The second kappa shape index (κ2) is 10.7. The number of hydrogen-bond donors (Lipinski definition) is 3. The number of unbranched alkanes of at least 4 members (excludes halogenated alkanes) is 2. The van der Waals surface area contributed by atoms with Crippen LogP contribution in [0.15, 0.2) is 60.7 Å². The Bertz CT molecular complexity index is 1190. The lowest BCUT2D eigenvalue weighted by Gasteiger charge is -2.11. The number of amides is 1. The van der Waals surface area contributed by atoms with E-state index in [-0.39, 0.29) is 29.4 Å². The lowest BCUT2D eigenvalue weighted by molar-refractivity contribution is -0.115. The fraction of sp³-hybridized carbons (Fsp3) is 0.200. The van der Waals surface area contributed by atoms with E-state index >= 15 is 0 Å². The van der Waals surface area contributed by atoms with Crippen molar-refractivity contribution in [2.24, 2.45) is 5.73 Å². The summed E-state index contributed by atoms with van der Waals surface area (Å²) in [6.45, 7) is 0. The fourth-order valence-electron chi connectivity index (χ4n) is 3.38. The third kappa shape index (κ3) is 6.02. The average Bonchev–Trinajstić information content (AvgIpc) is 2.78. The molecule has 0 unspecified atom stereocenters. The van der Waals surface area contributed by atoms with Crippen molar-refractivity contribution < 1.29 is 14.4 Å². The Balaban J connectivity index is 1.72. The number of rotatable bonds is 10. The van der Waals surface area contributed by atoms with Gasteiger partial charge in [0.1, 0.15) is 0 Å². The number of carbonyl (C=O) groups excluding carboxylic acids is 3. The van der Waals surface area contributed by atoms with E-state index in [4.69, 9.17) is 22.7 Å². The Kier molecular flexibility index (Phi) is 7.73. The Hall–Kier alpha value is -3.51. The second-order valence-electron chi connectivity index (χ2n) is 7.54. The van der Waals surface area contributed by atoms with E-state index in [1.54, 1.807) is 18.2 Å². The summed E-state index contributed by atoms with van der Waals surface area (Å²) in [5, 5.41) is 12.2. The number of ketones is 2. The summed E-state index contributed by atoms with van der Waals surface area (Å²) in [7, 11) is 0. The first-order chi connectivity index (χ1) is 15.3. The molecule has 7 heteroatoms. The zero-order chi connectivity index (χ0) is 23.1. The van der Waals surface area contributed by atoms with Crippen molar-refractivity contribution in [2.45, 2.75) is 32.1 Å². The molecule has 0 fully saturated rings. The Labute approximate surface area is 191 Å². The van der Waals surface area contributed by atoms with E-state index in [1.807, 2.05) is 30.3 Å². The maximum atomic E-state index is 12.8. The molecule has 0 atom stereocenters. The number of carbonyl (C=O) groups is 3. The second-order valence-corrected chi connectivity index (χ2v) is 7.98. The number of nitrogens with one attached hydrogen (secondary N) is 2. The molecule has 0 heterocycles. The Morgan fingerprint density at radius 1 is 0.875 bits per heavy atom. The van der Waals surface area contributed by atoms with Gasteiger partial charge in [-0.2, -0.15) is 0 Å². The van der Waals surface area contributed by atoms with Crippen LogP contribution in [0.2, 0.25) is 5.02 Å². The molecule has 0 aromatic heterocycles. The minimum absolute atomic E-state index is 0.0698. The van der Waals surface area contributed by atoms with Crippen LogP contribution in [0.4, 0.5) is 5.69 Å². The quantitative estimate of drug-likeness (QED) is 0.127. The van der Waals surface area contributed by atoms with E-state index in [0.717, 1.165) is 10.8 Å². The topological polar surface area (TPSA) is 113 Å². The van der Waals surface area contributed by atoms with Crippen LogP contribution < -0.4 is 11.1 Å². The zero-order valence-electron chi connectivity index (χ0n) is 17.5. The van der Waals surface area contributed by atoms with Crippen LogP contribution in [0.25, 0.3) is 10.8 Å². The van der Waals surface area contributed by atoms with Gasteiger partial charge >= 0.3 is 0 Å². The summed E-state index contributed by atoms with van der Waals surface area (Å²) in [5.41, 5.74) is 6.06. The third-order valence-electron chi connectivity index (χ3n) is 5.09. The number of amidine groups is 1. The molecular weight excluding hydrogens is 426 g/mol. The van der Waals surface area contributed by atoms with Gasteiger partial charge in [-0.1, -0.05) is 48.4 Å². The molecular formula is C25H24ClN3O3. The highest BCUT2D eigenvalue weighted by molar-refractivity contribution is 6.45. The molecule has 0 saturated heterocycles. The highest BCUT2D eigenvalue weighted by atomic mass is 35.5. The predicted octanol–water partition coefficient (Wildman–Crippen LogP) is 5.38. The van der Waals surface area contributed by atoms with Gasteiger partial charge in [-0.25, -0.2) is 0 Å². The molecule has 32 heavy (non-hydrogen) atoms. The molecule has 3 aromatic rings. The molecule has 3 aromatic carbocycles. The van der Waals surface area contributed by atoms with Crippen LogP contribution >= 0.6 is 11.6 Å². The molecule has 3 rings (SSSR count). The minimum Gasteiger partial charge on any atom is -0.388 e. The van der Waals surface area contributed by atoms with E-state index in [1.165, 1.54) is 12.1 Å². The van der Waals surface area contributed by atoms with Crippen LogP contribution in [-0.4, -0.2) is 23.3 Å². The van der Waals surface area contributed by atoms with Gasteiger partial charge in [-0.3, -0.25) is 19.8 Å². The van der Waals surface area contributed by atoms with E-state index in [9.17, 15) is 14.4 Å². The van der Waals surface area contributed by atoms with Crippen molar-refractivity contribution >= 4 is 51.4 Å². The highest BCUT2D eigenvalue weighted by Gasteiger charge is 2.21. The van der Waals surface area contributed by atoms with Crippen molar-refractivity contribution in [1.82, 2.24) is 0 Å². The van der Waals surface area contributed by atoms with Crippen molar-refractivity contribution in [3.05, 3.63) is 76.8 Å². The van der Waals surface area contributed by atoms with Crippen molar-refractivity contribution in [3.8, 4) is 0 Å². The van der Waals surface area contributed by atoms with Crippen LogP contribution in [-0.2, 0) is 4.79 Å². The number of nitrogens with two attached hydrogens (primary N) is 1. The number of Topliss-reactive ketones (excluding diaryl/α,β-unsaturated/α-hetero) is 2. The molecule has 164 valence electrons. The smallest absolute Gasteiger partial charge is 0.255 e. The number of hydrogen-bond acceptors (Lipinski definition) is 4. The molecule has 0 aliphatic carbocycles. The molecule has 0 saturated carbocycles. The normalized spacial score (nSPS) is 10.7. The number of fused-ring (bicyclic) bond motifs is 1. The largest absolute Gasteiger partial charge is 0.388 e. The van der Waals surface area contributed by atoms with Gasteiger partial charge in [0.25, 0.3) is 5.91 Å². The maximum Gasteiger partial charge on any atom is 0.255 e. The first kappa shape index (κ1) is 23.2. The minimum atomic E-state index is -0.687. The lowest BCUT2D eigenvalue weighted by atomic mass is 10.0. The van der Waals surface area contributed by atoms with Crippen LogP contribution in [0, 0.1) is 5.41 Å². The fourth-order valence-corrected chi connectivity index (χ4v) is 3.55. The molecule has 0 aliphatic heterocycles. The van der Waals surface area contributed by atoms with Gasteiger partial charge in [0.05, 0.1) is 17.1 Å². The summed E-state index contributed by atoms with van der Waals surface area (Å²) in [6, 6.07) is 17.5. The van der Waals surface area contributed by atoms with E-state index in [0.29, 0.717) is 36.3 Å². The molecule has 0 spiro atoms. The highest BCUT2D eigenvalue weighted by Crippen LogP contribution is 2.24. The Morgan fingerprint density at radius 3 is 2.34 bits per heavy atom. The summed E-state index contributed by atoms with van der Waals surface area (Å²) >= 11 is 6.05. The van der Waals surface area contributed by atoms with Gasteiger partial charge in [-0.15, -0.1) is 0 Å². The lowest BCUT2D eigenvalue weighted by Crippen LogP contribution is -2.19. The maximum absolute atomic E-state index is 12.8. The third-order valence-corrected chi connectivity index (χ3v) is 5.32. The van der Waals surface area contributed by atoms with E-state index in [2.05, 4.69) is 5.32 Å². The van der Waals surface area contributed by atoms with Gasteiger partial charge in [0, 0.05) is 23.4 Å². The zero-order valence-corrected chi connectivity index (χ0v) is 18.2. The standard InChI is InChI=1S/C25H24ClN3O3/c26-19-12-13-21(20(15-19)24(31)22(30)8-2-1-3-9-23(27)28)29-25(32)18-11-10-16-6-4-5-7-17(16)14-18/h4-7,10-15H,1-3,8-9H2,(H3,27,28)(H,29,32). The average molecular weight is 450 g/mol. The molecule has 0 bridgehead atoms. The van der Waals surface area contributed by atoms with Crippen LogP contribution in [0.5, 0.6) is 0 Å². The summed E-state index contributed by atoms with van der Waals surface area (Å²) in [6.07, 6.45) is 2.47. The van der Waals surface area contributed by atoms with Crippen molar-refractivity contribution in [1.29, 1.82) is 5.41 Å².